The summed E-state index contributed by atoms with van der Waals surface area (Å²) in [6.07, 6.45) is 1.41. The van der Waals surface area contributed by atoms with Crippen molar-refractivity contribution in [3.63, 3.8) is 0 Å². The van der Waals surface area contributed by atoms with Gasteiger partial charge in [-0.2, -0.15) is 4.98 Å². The third-order valence-electron chi connectivity index (χ3n) is 5.05. The van der Waals surface area contributed by atoms with E-state index >= 15 is 0 Å². The largest absolute Gasteiger partial charge is 0.508 e. The van der Waals surface area contributed by atoms with Gasteiger partial charge in [0.15, 0.2) is 6.61 Å². The van der Waals surface area contributed by atoms with Crippen molar-refractivity contribution in [1.29, 1.82) is 0 Å². The highest BCUT2D eigenvalue weighted by Gasteiger charge is 2.13. The first-order chi connectivity index (χ1) is 16.5. The van der Waals surface area contributed by atoms with Gasteiger partial charge >= 0.3 is 5.97 Å². The molecule has 0 atom stereocenters. The van der Waals surface area contributed by atoms with E-state index in [1.54, 1.807) is 42.5 Å². The lowest BCUT2D eigenvalue weighted by molar-refractivity contribution is 0.0697. The quantitative estimate of drug-likeness (QED) is 0.393. The monoisotopic (exact) mass is 456 g/mol. The van der Waals surface area contributed by atoms with Crippen molar-refractivity contribution in [1.82, 2.24) is 19.7 Å². The second kappa shape index (κ2) is 8.51. The summed E-state index contributed by atoms with van der Waals surface area (Å²) < 4.78 is 12.3. The molecule has 3 aromatic carbocycles. The summed E-state index contributed by atoms with van der Waals surface area (Å²) in [5.74, 6) is -0.0382. The molecule has 0 fully saturated rings. The molecule has 10 heteroatoms. The Balaban J connectivity index is 1.34. The second-order valence-electron chi connectivity index (χ2n) is 7.31. The van der Waals surface area contributed by atoms with Crippen molar-refractivity contribution < 1.29 is 24.3 Å². The van der Waals surface area contributed by atoms with E-state index in [2.05, 4.69) is 15.1 Å². The van der Waals surface area contributed by atoms with Crippen LogP contribution in [-0.2, 0) is 6.61 Å². The molecule has 0 aliphatic carbocycles. The second-order valence-corrected chi connectivity index (χ2v) is 7.31. The van der Waals surface area contributed by atoms with E-state index in [0.717, 1.165) is 0 Å². The fraction of sp³-hybridized carbons (Fsp3) is 0.0417. The van der Waals surface area contributed by atoms with E-state index in [4.69, 9.17) is 14.4 Å². The summed E-state index contributed by atoms with van der Waals surface area (Å²) in [6.45, 7) is -0.00178. The van der Waals surface area contributed by atoms with Crippen LogP contribution >= 0.6 is 0 Å². The first kappa shape index (κ1) is 20.9. The molecule has 0 aliphatic rings. The summed E-state index contributed by atoms with van der Waals surface area (Å²) >= 11 is 0. The number of ether oxygens (including phenoxy) is 1. The van der Waals surface area contributed by atoms with E-state index in [-0.39, 0.29) is 35.2 Å². The number of benzene rings is 3. The maximum Gasteiger partial charge on any atom is 0.335 e. The van der Waals surface area contributed by atoms with Crippen LogP contribution in [0.1, 0.15) is 16.2 Å². The number of phenolic OH excluding ortho intramolecular Hbond substituents is 1. The summed E-state index contributed by atoms with van der Waals surface area (Å²) in [4.78, 5) is 32.6. The average Bonchev–Trinajstić information content (AvgIpc) is 3.33. The van der Waals surface area contributed by atoms with Gasteiger partial charge in [-0.25, -0.2) is 9.78 Å². The number of aromatic carboxylic acids is 1. The molecular formula is C24H16N4O6. The van der Waals surface area contributed by atoms with Gasteiger partial charge in [0.25, 0.3) is 11.4 Å². The zero-order valence-electron chi connectivity index (χ0n) is 17.5. The molecule has 0 radical (unpaired) electrons. The van der Waals surface area contributed by atoms with Gasteiger partial charge in [-0.15, -0.1) is 0 Å². The highest BCUT2D eigenvalue weighted by molar-refractivity contribution is 5.89. The third kappa shape index (κ3) is 4.07. The minimum absolute atomic E-state index is 0.00178. The number of carboxylic acid groups (broad SMARTS) is 1. The minimum Gasteiger partial charge on any atom is -0.508 e. The van der Waals surface area contributed by atoms with Crippen molar-refractivity contribution in [2.24, 2.45) is 0 Å². The van der Waals surface area contributed by atoms with Gasteiger partial charge in [0.05, 0.1) is 22.2 Å². The van der Waals surface area contributed by atoms with E-state index in [9.17, 15) is 14.7 Å². The zero-order chi connectivity index (χ0) is 23.7. The molecule has 10 nitrogen and oxygen atoms in total. The van der Waals surface area contributed by atoms with Gasteiger partial charge in [0.2, 0.25) is 5.82 Å². The Morgan fingerprint density at radius 2 is 1.88 bits per heavy atom. The van der Waals surface area contributed by atoms with Gasteiger partial charge in [0.1, 0.15) is 17.8 Å². The molecule has 5 rings (SSSR count). The lowest BCUT2D eigenvalue weighted by Gasteiger charge is -2.08. The number of carboxylic acids is 1. The van der Waals surface area contributed by atoms with Crippen molar-refractivity contribution >= 4 is 16.9 Å². The maximum atomic E-state index is 12.9. The predicted molar refractivity (Wildman–Crippen MR) is 120 cm³/mol. The molecule has 5 aromatic rings. The van der Waals surface area contributed by atoms with Crippen LogP contribution in [0.5, 0.6) is 11.5 Å². The first-order valence-electron chi connectivity index (χ1n) is 10.1. The smallest absolute Gasteiger partial charge is 0.335 e. The van der Waals surface area contributed by atoms with E-state index < -0.39 is 5.97 Å². The standard InChI is InChI=1S/C24H16N4O6/c29-17-6-4-16(5-7-17)28-13-25-20-11-18(8-9-19(20)23(28)30)33-12-21-26-22(34-27-21)14-2-1-3-15(10-14)24(31)32/h1-11,13,29H,12H2,(H,31,32). The molecule has 0 saturated heterocycles. The number of hydrogen-bond donors (Lipinski definition) is 2. The van der Waals surface area contributed by atoms with Gasteiger partial charge < -0.3 is 19.5 Å². The summed E-state index contributed by atoms with van der Waals surface area (Å²) in [7, 11) is 0. The Hall–Kier alpha value is -4.99. The Morgan fingerprint density at radius 1 is 1.06 bits per heavy atom. The van der Waals surface area contributed by atoms with Crippen LogP contribution in [0.25, 0.3) is 28.0 Å². The molecule has 0 aliphatic heterocycles. The highest BCUT2D eigenvalue weighted by atomic mass is 16.5. The molecule has 34 heavy (non-hydrogen) atoms. The van der Waals surface area contributed by atoms with Gasteiger partial charge in [-0.3, -0.25) is 9.36 Å². The molecule has 168 valence electrons. The van der Waals surface area contributed by atoms with Crippen LogP contribution in [0.4, 0.5) is 0 Å². The van der Waals surface area contributed by atoms with Gasteiger partial charge in [-0.05, 0) is 54.6 Å². The fourth-order valence-corrected chi connectivity index (χ4v) is 3.35. The van der Waals surface area contributed by atoms with Crippen molar-refractivity contribution in [2.75, 3.05) is 0 Å². The molecule has 2 N–H and O–H groups in total. The Labute approximate surface area is 191 Å². The molecule has 0 bridgehead atoms. The van der Waals surface area contributed by atoms with E-state index in [0.29, 0.717) is 27.9 Å². The fourth-order valence-electron chi connectivity index (χ4n) is 3.35. The molecule has 0 amide bonds. The summed E-state index contributed by atoms with van der Waals surface area (Å²) in [5, 5.41) is 22.8. The van der Waals surface area contributed by atoms with Crippen LogP contribution in [0.2, 0.25) is 0 Å². The van der Waals surface area contributed by atoms with E-state index in [1.807, 2.05) is 0 Å². The van der Waals surface area contributed by atoms with Crippen LogP contribution in [0, 0.1) is 0 Å². The molecule has 0 unspecified atom stereocenters. The normalized spacial score (nSPS) is 10.9. The molecule has 2 heterocycles. The Kier molecular flexibility index (Phi) is 5.23. The van der Waals surface area contributed by atoms with Crippen molar-refractivity contribution in [2.45, 2.75) is 6.61 Å². The minimum atomic E-state index is -1.05. The van der Waals surface area contributed by atoms with Gasteiger partial charge in [0, 0.05) is 11.6 Å². The number of rotatable bonds is 6. The maximum absolute atomic E-state index is 12.9. The SMILES string of the molecule is O=C(O)c1cccc(-c2nc(COc3ccc4c(=O)n(-c5ccc(O)cc5)cnc4c3)no2)c1. The summed E-state index contributed by atoms with van der Waals surface area (Å²) in [6, 6.07) is 17.3. The number of aromatic nitrogens is 4. The lowest BCUT2D eigenvalue weighted by atomic mass is 10.1. The molecule has 0 saturated carbocycles. The Morgan fingerprint density at radius 3 is 2.68 bits per heavy atom. The third-order valence-corrected chi connectivity index (χ3v) is 5.05. The predicted octanol–water partition coefficient (Wildman–Crippen LogP) is 3.42. The molecule has 2 aromatic heterocycles. The molecule has 0 spiro atoms. The lowest BCUT2D eigenvalue weighted by Crippen LogP contribution is -2.18. The number of nitrogens with zero attached hydrogens (tertiary/aromatic N) is 4. The van der Waals surface area contributed by atoms with Crippen LogP contribution < -0.4 is 10.3 Å². The van der Waals surface area contributed by atoms with Crippen LogP contribution in [0.3, 0.4) is 0 Å². The average molecular weight is 456 g/mol. The zero-order valence-corrected chi connectivity index (χ0v) is 17.5. The highest BCUT2D eigenvalue weighted by Crippen LogP contribution is 2.21. The number of fused-ring (bicyclic) bond motifs is 1. The van der Waals surface area contributed by atoms with E-state index in [1.165, 1.54) is 35.2 Å². The van der Waals surface area contributed by atoms with Crippen LogP contribution in [0.15, 0.2) is 82.4 Å². The number of hydrogen-bond acceptors (Lipinski definition) is 8. The number of carbonyl (C=O) groups is 1. The topological polar surface area (TPSA) is 141 Å². The first-order valence-corrected chi connectivity index (χ1v) is 10.1. The van der Waals surface area contributed by atoms with Crippen LogP contribution in [-0.4, -0.2) is 35.9 Å². The summed E-state index contributed by atoms with van der Waals surface area (Å²) in [5.41, 5.74) is 1.38. The van der Waals surface area contributed by atoms with Crippen molar-refractivity contribution in [3.8, 4) is 28.6 Å². The number of aromatic hydroxyl groups is 1. The number of phenols is 1. The van der Waals surface area contributed by atoms with Gasteiger partial charge in [-0.1, -0.05) is 11.2 Å². The molecular weight excluding hydrogens is 440 g/mol. The van der Waals surface area contributed by atoms with Crippen molar-refractivity contribution in [3.05, 3.63) is 94.8 Å². The Bertz CT molecular complexity index is 1570.